The fourth-order valence-corrected chi connectivity index (χ4v) is 2.89. The molecule has 1 atom stereocenters. The lowest BCUT2D eigenvalue weighted by Gasteiger charge is -2.24. The van der Waals surface area contributed by atoms with Gasteiger partial charge in [0.1, 0.15) is 5.82 Å². The maximum atomic E-state index is 12.0. The van der Waals surface area contributed by atoms with Gasteiger partial charge in [0.15, 0.2) is 0 Å². The molecule has 2 N–H and O–H groups in total. The van der Waals surface area contributed by atoms with Crippen LogP contribution in [-0.2, 0) is 11.3 Å². The number of rotatable bonds is 4. The quantitative estimate of drug-likeness (QED) is 0.864. The summed E-state index contributed by atoms with van der Waals surface area (Å²) in [5.41, 5.74) is 2.04. The Morgan fingerprint density at radius 2 is 2.25 bits per heavy atom. The summed E-state index contributed by atoms with van der Waals surface area (Å²) in [6.45, 7) is 6.53. The minimum absolute atomic E-state index is 0.115. The van der Waals surface area contributed by atoms with E-state index in [1.807, 2.05) is 20.2 Å². The van der Waals surface area contributed by atoms with Crippen LogP contribution in [0.25, 0.3) is 0 Å². The standard InChI is InChI=1S/C15H24N4O/c1-11-7-12(8-16-3)9-18-13(11)19-6-5-15(2,10-19)14(20)17-4/h7,9,16H,5-6,8,10H2,1-4H3,(H,17,20). The first kappa shape index (κ1) is 14.8. The highest BCUT2D eigenvalue weighted by Crippen LogP contribution is 2.33. The minimum atomic E-state index is -0.313. The number of hydrogen-bond acceptors (Lipinski definition) is 4. The van der Waals surface area contributed by atoms with Gasteiger partial charge in [-0.2, -0.15) is 0 Å². The second-order valence-corrected chi connectivity index (χ2v) is 5.83. The lowest BCUT2D eigenvalue weighted by molar-refractivity contribution is -0.128. The maximum absolute atomic E-state index is 12.0. The third-order valence-electron chi connectivity index (χ3n) is 4.04. The fraction of sp³-hybridized carbons (Fsp3) is 0.600. The first-order valence-corrected chi connectivity index (χ1v) is 7.07. The van der Waals surface area contributed by atoms with Gasteiger partial charge in [-0.3, -0.25) is 4.79 Å². The summed E-state index contributed by atoms with van der Waals surface area (Å²) in [6.07, 6.45) is 2.78. The molecule has 5 heteroatoms. The Balaban J connectivity index is 2.16. The first-order valence-electron chi connectivity index (χ1n) is 7.07. The number of anilines is 1. The molecule has 0 spiro atoms. The van der Waals surface area contributed by atoms with Crippen molar-refractivity contribution in [1.82, 2.24) is 15.6 Å². The third kappa shape index (κ3) is 2.77. The minimum Gasteiger partial charge on any atom is -0.359 e. The molecule has 0 aromatic carbocycles. The van der Waals surface area contributed by atoms with Crippen molar-refractivity contribution >= 4 is 11.7 Å². The van der Waals surface area contributed by atoms with E-state index in [1.165, 1.54) is 11.1 Å². The normalized spacial score (nSPS) is 22.1. The van der Waals surface area contributed by atoms with Crippen molar-refractivity contribution in [3.8, 4) is 0 Å². The zero-order valence-electron chi connectivity index (χ0n) is 12.8. The van der Waals surface area contributed by atoms with E-state index in [0.717, 1.165) is 31.9 Å². The molecule has 110 valence electrons. The van der Waals surface area contributed by atoms with E-state index in [9.17, 15) is 4.79 Å². The molecule has 1 aliphatic heterocycles. The van der Waals surface area contributed by atoms with Crippen molar-refractivity contribution in [2.24, 2.45) is 5.41 Å². The van der Waals surface area contributed by atoms with Crippen LogP contribution < -0.4 is 15.5 Å². The highest BCUT2D eigenvalue weighted by molar-refractivity contribution is 5.83. The van der Waals surface area contributed by atoms with Gasteiger partial charge in [0.25, 0.3) is 0 Å². The van der Waals surface area contributed by atoms with Gasteiger partial charge < -0.3 is 15.5 Å². The summed E-state index contributed by atoms with van der Waals surface area (Å²) < 4.78 is 0. The van der Waals surface area contributed by atoms with Crippen LogP contribution in [0.15, 0.2) is 12.3 Å². The second-order valence-electron chi connectivity index (χ2n) is 5.83. The number of nitrogens with zero attached hydrogens (tertiary/aromatic N) is 2. The van der Waals surface area contributed by atoms with Crippen molar-refractivity contribution in [2.75, 3.05) is 32.1 Å². The molecule has 1 amide bonds. The molecular formula is C15H24N4O. The number of pyridine rings is 1. The second kappa shape index (κ2) is 5.79. The van der Waals surface area contributed by atoms with E-state index < -0.39 is 0 Å². The predicted molar refractivity (Wildman–Crippen MR) is 80.7 cm³/mol. The van der Waals surface area contributed by atoms with E-state index in [4.69, 9.17) is 0 Å². The topological polar surface area (TPSA) is 57.3 Å². The van der Waals surface area contributed by atoms with Gasteiger partial charge in [-0.25, -0.2) is 4.98 Å². The average Bonchev–Trinajstić information content (AvgIpc) is 2.82. The molecule has 0 aliphatic carbocycles. The Hall–Kier alpha value is -1.62. The van der Waals surface area contributed by atoms with E-state index in [2.05, 4.69) is 33.5 Å². The van der Waals surface area contributed by atoms with Crippen LogP contribution in [-0.4, -0.2) is 38.1 Å². The SMILES string of the molecule is CNCc1cnc(N2CCC(C)(C(=O)NC)C2)c(C)c1. The number of nitrogens with one attached hydrogen (secondary N) is 2. The van der Waals surface area contributed by atoms with Gasteiger partial charge in [0, 0.05) is 32.9 Å². The van der Waals surface area contributed by atoms with Crippen LogP contribution in [0.5, 0.6) is 0 Å². The van der Waals surface area contributed by atoms with Gasteiger partial charge in [0.05, 0.1) is 5.41 Å². The number of aromatic nitrogens is 1. The molecule has 1 aromatic rings. The van der Waals surface area contributed by atoms with Crippen LogP contribution >= 0.6 is 0 Å². The lowest BCUT2D eigenvalue weighted by atomic mass is 9.89. The molecule has 1 aromatic heterocycles. The molecule has 5 nitrogen and oxygen atoms in total. The summed E-state index contributed by atoms with van der Waals surface area (Å²) >= 11 is 0. The predicted octanol–water partition coefficient (Wildman–Crippen LogP) is 1.07. The smallest absolute Gasteiger partial charge is 0.227 e. The Labute approximate surface area is 120 Å². The van der Waals surface area contributed by atoms with E-state index in [-0.39, 0.29) is 11.3 Å². The number of carbonyl (C=O) groups excluding carboxylic acids is 1. The van der Waals surface area contributed by atoms with Gasteiger partial charge in [-0.1, -0.05) is 0 Å². The number of carbonyl (C=O) groups is 1. The highest BCUT2D eigenvalue weighted by atomic mass is 16.2. The Kier molecular flexibility index (Phi) is 4.28. The molecule has 2 rings (SSSR count). The van der Waals surface area contributed by atoms with Crippen molar-refractivity contribution in [3.05, 3.63) is 23.4 Å². The zero-order chi connectivity index (χ0) is 14.8. The van der Waals surface area contributed by atoms with Crippen molar-refractivity contribution in [2.45, 2.75) is 26.8 Å². The monoisotopic (exact) mass is 276 g/mol. The Bertz CT molecular complexity index is 503. The average molecular weight is 276 g/mol. The van der Waals surface area contributed by atoms with Crippen LogP contribution in [0, 0.1) is 12.3 Å². The number of aryl methyl sites for hydroxylation is 1. The molecular weight excluding hydrogens is 252 g/mol. The summed E-state index contributed by atoms with van der Waals surface area (Å²) in [5, 5.41) is 5.89. The van der Waals surface area contributed by atoms with Crippen LogP contribution in [0.1, 0.15) is 24.5 Å². The lowest BCUT2D eigenvalue weighted by Crippen LogP contribution is -2.39. The largest absolute Gasteiger partial charge is 0.359 e. The van der Waals surface area contributed by atoms with E-state index >= 15 is 0 Å². The summed E-state index contributed by atoms with van der Waals surface area (Å²) in [7, 11) is 3.63. The van der Waals surface area contributed by atoms with Crippen LogP contribution in [0.4, 0.5) is 5.82 Å². The Morgan fingerprint density at radius 1 is 1.50 bits per heavy atom. The number of hydrogen-bond donors (Lipinski definition) is 2. The molecule has 1 unspecified atom stereocenters. The highest BCUT2D eigenvalue weighted by Gasteiger charge is 2.40. The fourth-order valence-electron chi connectivity index (χ4n) is 2.89. The molecule has 1 aliphatic rings. The van der Waals surface area contributed by atoms with Crippen molar-refractivity contribution in [3.63, 3.8) is 0 Å². The van der Waals surface area contributed by atoms with E-state index in [0.29, 0.717) is 0 Å². The first-order chi connectivity index (χ1) is 9.50. The maximum Gasteiger partial charge on any atom is 0.227 e. The Morgan fingerprint density at radius 3 is 2.85 bits per heavy atom. The molecule has 0 saturated carbocycles. The summed E-state index contributed by atoms with van der Waals surface area (Å²) in [6, 6.07) is 2.16. The molecule has 0 bridgehead atoms. The molecule has 1 fully saturated rings. The number of amides is 1. The van der Waals surface area contributed by atoms with Gasteiger partial charge in [-0.15, -0.1) is 0 Å². The van der Waals surface area contributed by atoms with Gasteiger partial charge in [0.2, 0.25) is 5.91 Å². The van der Waals surface area contributed by atoms with Crippen LogP contribution in [0.2, 0.25) is 0 Å². The van der Waals surface area contributed by atoms with Gasteiger partial charge in [-0.05, 0) is 44.5 Å². The summed E-state index contributed by atoms with van der Waals surface area (Å²) in [4.78, 5) is 18.8. The molecule has 1 saturated heterocycles. The molecule has 0 radical (unpaired) electrons. The molecule has 20 heavy (non-hydrogen) atoms. The molecule has 2 heterocycles. The van der Waals surface area contributed by atoms with E-state index in [1.54, 1.807) is 7.05 Å². The van der Waals surface area contributed by atoms with Crippen molar-refractivity contribution in [1.29, 1.82) is 0 Å². The van der Waals surface area contributed by atoms with Crippen LogP contribution in [0.3, 0.4) is 0 Å². The summed E-state index contributed by atoms with van der Waals surface area (Å²) in [5.74, 6) is 1.11. The third-order valence-corrected chi connectivity index (χ3v) is 4.04. The zero-order valence-corrected chi connectivity index (χ0v) is 12.8. The van der Waals surface area contributed by atoms with Crippen molar-refractivity contribution < 1.29 is 4.79 Å². The van der Waals surface area contributed by atoms with Gasteiger partial charge >= 0.3 is 0 Å².